The van der Waals surface area contributed by atoms with Crippen LogP contribution in [0.1, 0.15) is 49.7 Å². The fourth-order valence-corrected chi connectivity index (χ4v) is 3.07. The normalized spacial score (nSPS) is 21.1. The third-order valence-electron chi connectivity index (χ3n) is 4.43. The van der Waals surface area contributed by atoms with Gasteiger partial charge in [-0.15, -0.1) is 0 Å². The van der Waals surface area contributed by atoms with Crippen molar-refractivity contribution in [1.29, 1.82) is 0 Å². The molecule has 1 nitrogen and oxygen atoms in total. The lowest BCUT2D eigenvalue weighted by molar-refractivity contribution is 0.374. The molecule has 0 aliphatic heterocycles. The Kier molecular flexibility index (Phi) is 4.21. The van der Waals surface area contributed by atoms with E-state index in [1.807, 2.05) is 12.1 Å². The maximum Gasteiger partial charge on any atom is 0.0406 e. The molecule has 110 valence electrons. The number of nitrogens with one attached hydrogen (secondary N) is 1. The molecule has 1 aliphatic rings. The molecule has 2 aromatic rings. The number of benzene rings is 2. The highest BCUT2D eigenvalue weighted by atomic mass is 35.5. The fraction of sp³-hybridized carbons (Fsp3) is 0.368. The highest BCUT2D eigenvalue weighted by Crippen LogP contribution is 2.38. The van der Waals surface area contributed by atoms with Crippen LogP contribution >= 0.6 is 11.6 Å². The van der Waals surface area contributed by atoms with Gasteiger partial charge in [-0.25, -0.2) is 0 Å². The molecule has 0 atom stereocenters. The SMILES string of the molecule is CC(C)c1ccc(NC2CC(c3ccc(Cl)cc3)C2)cc1. The van der Waals surface area contributed by atoms with Crippen molar-refractivity contribution < 1.29 is 0 Å². The Morgan fingerprint density at radius 2 is 1.57 bits per heavy atom. The summed E-state index contributed by atoms with van der Waals surface area (Å²) in [5.74, 6) is 1.27. The molecule has 1 saturated carbocycles. The fourth-order valence-electron chi connectivity index (χ4n) is 2.94. The molecule has 0 radical (unpaired) electrons. The molecule has 0 spiro atoms. The molecular formula is C19H22ClN. The summed E-state index contributed by atoms with van der Waals surface area (Å²) in [6, 6.07) is 17.7. The van der Waals surface area contributed by atoms with Crippen molar-refractivity contribution in [2.75, 3.05) is 5.32 Å². The first-order chi connectivity index (χ1) is 10.1. The Morgan fingerprint density at radius 1 is 0.952 bits per heavy atom. The van der Waals surface area contributed by atoms with Gasteiger partial charge in [0.1, 0.15) is 0 Å². The molecular weight excluding hydrogens is 278 g/mol. The molecule has 0 unspecified atom stereocenters. The molecule has 0 aromatic heterocycles. The van der Waals surface area contributed by atoms with E-state index < -0.39 is 0 Å². The highest BCUT2D eigenvalue weighted by Gasteiger charge is 2.30. The average molecular weight is 300 g/mol. The maximum absolute atomic E-state index is 5.94. The van der Waals surface area contributed by atoms with E-state index in [2.05, 4.69) is 55.6 Å². The molecule has 2 heteroatoms. The first kappa shape index (κ1) is 14.5. The average Bonchev–Trinajstić information content (AvgIpc) is 2.44. The lowest BCUT2D eigenvalue weighted by Gasteiger charge is -2.37. The van der Waals surface area contributed by atoms with Gasteiger partial charge in [-0.05, 0) is 60.1 Å². The van der Waals surface area contributed by atoms with Crippen LogP contribution in [0, 0.1) is 0 Å². The van der Waals surface area contributed by atoms with Gasteiger partial charge in [0.15, 0.2) is 0 Å². The van der Waals surface area contributed by atoms with Crippen LogP contribution < -0.4 is 5.32 Å². The second-order valence-electron chi connectivity index (χ2n) is 6.34. The topological polar surface area (TPSA) is 12.0 Å². The number of anilines is 1. The quantitative estimate of drug-likeness (QED) is 0.750. The minimum Gasteiger partial charge on any atom is -0.382 e. The van der Waals surface area contributed by atoms with Crippen LogP contribution in [0.2, 0.25) is 5.02 Å². The molecule has 21 heavy (non-hydrogen) atoms. The van der Waals surface area contributed by atoms with E-state index in [1.165, 1.54) is 29.7 Å². The van der Waals surface area contributed by atoms with Gasteiger partial charge in [-0.1, -0.05) is 49.7 Å². The van der Waals surface area contributed by atoms with Crippen molar-refractivity contribution in [2.24, 2.45) is 0 Å². The van der Waals surface area contributed by atoms with Gasteiger partial charge < -0.3 is 5.32 Å². The van der Waals surface area contributed by atoms with Crippen LogP contribution in [0.3, 0.4) is 0 Å². The van der Waals surface area contributed by atoms with Gasteiger partial charge in [-0.3, -0.25) is 0 Å². The predicted molar refractivity (Wildman–Crippen MR) is 91.4 cm³/mol. The van der Waals surface area contributed by atoms with Crippen molar-refractivity contribution in [3.8, 4) is 0 Å². The monoisotopic (exact) mass is 299 g/mol. The van der Waals surface area contributed by atoms with E-state index in [1.54, 1.807) is 0 Å². The number of hydrogen-bond acceptors (Lipinski definition) is 1. The number of rotatable bonds is 4. The van der Waals surface area contributed by atoms with Gasteiger partial charge in [-0.2, -0.15) is 0 Å². The standard InChI is InChI=1S/C19H22ClN/c1-13(2)14-5-9-18(10-6-14)21-19-11-16(12-19)15-3-7-17(20)8-4-15/h3-10,13,16,19,21H,11-12H2,1-2H3. The summed E-state index contributed by atoms with van der Waals surface area (Å²) >= 11 is 5.94. The summed E-state index contributed by atoms with van der Waals surface area (Å²) in [4.78, 5) is 0. The Morgan fingerprint density at radius 3 is 2.14 bits per heavy atom. The first-order valence-electron chi connectivity index (χ1n) is 7.74. The summed E-state index contributed by atoms with van der Waals surface area (Å²) in [5.41, 5.74) is 4.04. The van der Waals surface area contributed by atoms with E-state index in [-0.39, 0.29) is 0 Å². The van der Waals surface area contributed by atoms with Crippen molar-refractivity contribution in [1.82, 2.24) is 0 Å². The molecule has 1 aliphatic carbocycles. The summed E-state index contributed by atoms with van der Waals surface area (Å²) in [6.45, 7) is 4.45. The molecule has 0 bridgehead atoms. The van der Waals surface area contributed by atoms with Crippen molar-refractivity contribution in [3.05, 3.63) is 64.7 Å². The van der Waals surface area contributed by atoms with Crippen molar-refractivity contribution in [3.63, 3.8) is 0 Å². The number of halogens is 1. The summed E-state index contributed by atoms with van der Waals surface area (Å²) in [7, 11) is 0. The largest absolute Gasteiger partial charge is 0.382 e. The molecule has 3 rings (SSSR count). The van der Waals surface area contributed by atoms with Gasteiger partial charge in [0, 0.05) is 16.8 Å². The highest BCUT2D eigenvalue weighted by molar-refractivity contribution is 6.30. The van der Waals surface area contributed by atoms with Gasteiger partial charge >= 0.3 is 0 Å². The Balaban J connectivity index is 1.53. The van der Waals surface area contributed by atoms with Crippen molar-refractivity contribution in [2.45, 2.75) is 44.6 Å². The lowest BCUT2D eigenvalue weighted by atomic mass is 9.76. The minimum absolute atomic E-state index is 0.593. The molecule has 1 fully saturated rings. The van der Waals surface area contributed by atoms with E-state index >= 15 is 0 Å². The third-order valence-corrected chi connectivity index (χ3v) is 4.68. The molecule has 0 saturated heterocycles. The number of hydrogen-bond donors (Lipinski definition) is 1. The van der Waals surface area contributed by atoms with Crippen LogP contribution in [-0.4, -0.2) is 6.04 Å². The first-order valence-corrected chi connectivity index (χ1v) is 8.11. The van der Waals surface area contributed by atoms with E-state index in [9.17, 15) is 0 Å². The zero-order valence-electron chi connectivity index (χ0n) is 12.6. The Hall–Kier alpha value is -1.47. The van der Waals surface area contributed by atoms with Crippen LogP contribution in [0.4, 0.5) is 5.69 Å². The zero-order valence-corrected chi connectivity index (χ0v) is 13.4. The zero-order chi connectivity index (χ0) is 14.8. The molecule has 2 aromatic carbocycles. The molecule has 0 heterocycles. The van der Waals surface area contributed by atoms with E-state index in [4.69, 9.17) is 11.6 Å². The Labute approximate surface area is 132 Å². The molecule has 1 N–H and O–H groups in total. The van der Waals surface area contributed by atoms with Crippen LogP contribution in [0.15, 0.2) is 48.5 Å². The smallest absolute Gasteiger partial charge is 0.0406 e. The van der Waals surface area contributed by atoms with Crippen molar-refractivity contribution >= 4 is 17.3 Å². The van der Waals surface area contributed by atoms with Crippen LogP contribution in [0.25, 0.3) is 0 Å². The third kappa shape index (κ3) is 3.41. The second-order valence-corrected chi connectivity index (χ2v) is 6.77. The van der Waals surface area contributed by atoms with Crippen LogP contribution in [-0.2, 0) is 0 Å². The van der Waals surface area contributed by atoms with Gasteiger partial charge in [0.05, 0.1) is 0 Å². The predicted octanol–water partition coefficient (Wildman–Crippen LogP) is 5.82. The summed E-state index contributed by atoms with van der Waals surface area (Å²) in [6.07, 6.45) is 2.40. The van der Waals surface area contributed by atoms with E-state index in [0.717, 1.165) is 5.02 Å². The van der Waals surface area contributed by atoms with E-state index in [0.29, 0.717) is 17.9 Å². The van der Waals surface area contributed by atoms with Crippen LogP contribution in [0.5, 0.6) is 0 Å². The summed E-state index contributed by atoms with van der Waals surface area (Å²) < 4.78 is 0. The second kappa shape index (κ2) is 6.11. The molecule has 0 amide bonds. The minimum atomic E-state index is 0.593. The van der Waals surface area contributed by atoms with Gasteiger partial charge in [0.25, 0.3) is 0 Å². The summed E-state index contributed by atoms with van der Waals surface area (Å²) in [5, 5.41) is 4.45. The van der Waals surface area contributed by atoms with Gasteiger partial charge in [0.2, 0.25) is 0 Å². The Bertz CT molecular complexity index is 580. The maximum atomic E-state index is 5.94. The lowest BCUT2D eigenvalue weighted by Crippen LogP contribution is -2.33.